The van der Waals surface area contributed by atoms with E-state index in [4.69, 9.17) is 0 Å². The van der Waals surface area contributed by atoms with Crippen LogP contribution in [0.2, 0.25) is 0 Å². The van der Waals surface area contributed by atoms with E-state index >= 15 is 0 Å². The summed E-state index contributed by atoms with van der Waals surface area (Å²) in [5.41, 5.74) is 2.94. The van der Waals surface area contributed by atoms with Gasteiger partial charge < -0.3 is 4.90 Å². The minimum Gasteiger partial charge on any atom is -0.353 e. The van der Waals surface area contributed by atoms with Gasteiger partial charge in [0, 0.05) is 50.7 Å². The Labute approximate surface area is 145 Å². The van der Waals surface area contributed by atoms with Crippen molar-refractivity contribution in [3.05, 3.63) is 58.6 Å². The SMILES string of the molecule is CC(c1ccc2nccnc2c1)N1CCN(c2ccc(=O)[nH]n2)CC1. The first kappa shape index (κ1) is 15.7. The highest BCUT2D eigenvalue weighted by Gasteiger charge is 2.23. The number of benzene rings is 1. The Morgan fingerprint density at radius 1 is 1.00 bits per heavy atom. The minimum absolute atomic E-state index is 0.171. The average Bonchev–Trinajstić information content (AvgIpc) is 2.68. The molecule has 3 aromatic rings. The minimum atomic E-state index is -0.171. The molecule has 2 aromatic heterocycles. The number of fused-ring (bicyclic) bond motifs is 1. The Kier molecular flexibility index (Phi) is 4.15. The normalized spacial score (nSPS) is 16.9. The van der Waals surface area contributed by atoms with Crippen LogP contribution in [0.25, 0.3) is 11.0 Å². The standard InChI is InChI=1S/C18H20N6O/c1-13(14-2-3-15-16(12-14)20-7-6-19-15)23-8-10-24(11-9-23)17-4-5-18(25)22-21-17/h2-7,12-13H,8-11H2,1H3,(H,22,25). The summed E-state index contributed by atoms with van der Waals surface area (Å²) in [5, 5.41) is 6.62. The molecule has 1 N–H and O–H groups in total. The molecule has 7 heteroatoms. The van der Waals surface area contributed by atoms with E-state index in [1.807, 2.05) is 6.07 Å². The molecule has 0 spiro atoms. The van der Waals surface area contributed by atoms with Gasteiger partial charge in [0.15, 0.2) is 0 Å². The van der Waals surface area contributed by atoms with Gasteiger partial charge in [0.2, 0.25) is 0 Å². The first-order valence-corrected chi connectivity index (χ1v) is 8.46. The number of nitrogens with zero attached hydrogens (tertiary/aromatic N) is 5. The highest BCUT2D eigenvalue weighted by Crippen LogP contribution is 2.24. The van der Waals surface area contributed by atoms with Crippen LogP contribution in [0, 0.1) is 0 Å². The van der Waals surface area contributed by atoms with Gasteiger partial charge in [0.25, 0.3) is 5.56 Å². The van der Waals surface area contributed by atoms with Crippen molar-refractivity contribution in [2.75, 3.05) is 31.1 Å². The van der Waals surface area contributed by atoms with E-state index in [2.05, 4.69) is 49.0 Å². The van der Waals surface area contributed by atoms with E-state index in [1.165, 1.54) is 11.6 Å². The van der Waals surface area contributed by atoms with Crippen molar-refractivity contribution in [1.29, 1.82) is 0 Å². The zero-order chi connectivity index (χ0) is 17.2. The summed E-state index contributed by atoms with van der Waals surface area (Å²) in [6, 6.07) is 9.92. The fourth-order valence-electron chi connectivity index (χ4n) is 3.30. The third-order valence-electron chi connectivity index (χ3n) is 4.83. The first-order valence-electron chi connectivity index (χ1n) is 8.46. The second-order valence-corrected chi connectivity index (χ2v) is 6.28. The summed E-state index contributed by atoms with van der Waals surface area (Å²) < 4.78 is 0. The number of aromatic nitrogens is 4. The molecule has 1 atom stereocenters. The second-order valence-electron chi connectivity index (χ2n) is 6.28. The molecule has 1 aliphatic rings. The maximum absolute atomic E-state index is 11.1. The molecule has 0 radical (unpaired) electrons. The van der Waals surface area contributed by atoms with Crippen LogP contribution in [0.3, 0.4) is 0 Å². The van der Waals surface area contributed by atoms with Crippen molar-refractivity contribution < 1.29 is 0 Å². The monoisotopic (exact) mass is 336 g/mol. The lowest BCUT2D eigenvalue weighted by atomic mass is 10.0. The van der Waals surface area contributed by atoms with Crippen LogP contribution >= 0.6 is 0 Å². The molecule has 0 saturated carbocycles. The molecule has 7 nitrogen and oxygen atoms in total. The zero-order valence-electron chi connectivity index (χ0n) is 14.1. The lowest BCUT2D eigenvalue weighted by Crippen LogP contribution is -2.47. The summed E-state index contributed by atoms with van der Waals surface area (Å²) in [6.45, 7) is 5.89. The highest BCUT2D eigenvalue weighted by molar-refractivity contribution is 5.74. The van der Waals surface area contributed by atoms with E-state index in [-0.39, 0.29) is 5.56 Å². The maximum Gasteiger partial charge on any atom is 0.264 e. The predicted molar refractivity (Wildman–Crippen MR) is 96.6 cm³/mol. The van der Waals surface area contributed by atoms with Gasteiger partial charge in [-0.05, 0) is 30.7 Å². The highest BCUT2D eigenvalue weighted by atomic mass is 16.1. The Morgan fingerprint density at radius 3 is 2.48 bits per heavy atom. The van der Waals surface area contributed by atoms with Crippen molar-refractivity contribution in [2.24, 2.45) is 0 Å². The van der Waals surface area contributed by atoms with Crippen LogP contribution in [0.5, 0.6) is 0 Å². The number of H-pyrrole nitrogens is 1. The van der Waals surface area contributed by atoms with E-state index < -0.39 is 0 Å². The summed E-state index contributed by atoms with van der Waals surface area (Å²) in [7, 11) is 0. The van der Waals surface area contributed by atoms with E-state index in [0.29, 0.717) is 6.04 Å². The van der Waals surface area contributed by atoms with Gasteiger partial charge in [-0.2, -0.15) is 5.10 Å². The molecule has 0 aliphatic carbocycles. The first-order chi connectivity index (χ1) is 12.2. The number of anilines is 1. The third kappa shape index (κ3) is 3.23. The van der Waals surface area contributed by atoms with Crippen LogP contribution in [0.4, 0.5) is 5.82 Å². The Hall–Kier alpha value is -2.80. The van der Waals surface area contributed by atoms with Crippen LogP contribution in [0.15, 0.2) is 47.5 Å². The van der Waals surface area contributed by atoms with E-state index in [0.717, 1.165) is 43.0 Å². The van der Waals surface area contributed by atoms with Gasteiger partial charge in [-0.25, -0.2) is 5.10 Å². The molecule has 4 rings (SSSR count). The number of hydrogen-bond donors (Lipinski definition) is 1. The van der Waals surface area contributed by atoms with Gasteiger partial charge in [-0.15, -0.1) is 0 Å². The Balaban J connectivity index is 1.45. The Morgan fingerprint density at radius 2 is 1.76 bits per heavy atom. The average molecular weight is 336 g/mol. The lowest BCUT2D eigenvalue weighted by Gasteiger charge is -2.38. The van der Waals surface area contributed by atoms with Crippen molar-refractivity contribution >= 4 is 16.9 Å². The van der Waals surface area contributed by atoms with Gasteiger partial charge >= 0.3 is 0 Å². The number of aromatic amines is 1. The summed E-state index contributed by atoms with van der Waals surface area (Å²) in [6.07, 6.45) is 3.45. The molecule has 1 aromatic carbocycles. The van der Waals surface area contributed by atoms with Crippen molar-refractivity contribution in [3.63, 3.8) is 0 Å². The molecule has 1 unspecified atom stereocenters. The number of hydrogen-bond acceptors (Lipinski definition) is 6. The van der Waals surface area contributed by atoms with Crippen LogP contribution < -0.4 is 10.5 Å². The summed E-state index contributed by atoms with van der Waals surface area (Å²) in [4.78, 5) is 24.5. The number of piperazine rings is 1. The van der Waals surface area contributed by atoms with Gasteiger partial charge in [-0.1, -0.05) is 6.07 Å². The predicted octanol–water partition coefficient (Wildman–Crippen LogP) is 1.60. The van der Waals surface area contributed by atoms with Gasteiger partial charge in [-0.3, -0.25) is 19.7 Å². The molecule has 0 bridgehead atoms. The molecule has 1 fully saturated rings. The third-order valence-corrected chi connectivity index (χ3v) is 4.83. The van der Waals surface area contributed by atoms with E-state index in [9.17, 15) is 4.79 Å². The molecule has 3 heterocycles. The lowest BCUT2D eigenvalue weighted by molar-refractivity contribution is 0.198. The Bertz CT molecular complexity index is 912. The van der Waals surface area contributed by atoms with Gasteiger partial charge in [0.05, 0.1) is 11.0 Å². The van der Waals surface area contributed by atoms with E-state index in [1.54, 1.807) is 18.5 Å². The van der Waals surface area contributed by atoms with Crippen LogP contribution in [-0.2, 0) is 0 Å². The molecular formula is C18H20N6O. The zero-order valence-corrected chi connectivity index (χ0v) is 14.1. The fourth-order valence-corrected chi connectivity index (χ4v) is 3.30. The summed E-state index contributed by atoms with van der Waals surface area (Å²) >= 11 is 0. The fraction of sp³-hybridized carbons (Fsp3) is 0.333. The quantitative estimate of drug-likeness (QED) is 0.783. The largest absolute Gasteiger partial charge is 0.353 e. The smallest absolute Gasteiger partial charge is 0.264 e. The van der Waals surface area contributed by atoms with Crippen molar-refractivity contribution in [2.45, 2.75) is 13.0 Å². The molecular weight excluding hydrogens is 316 g/mol. The number of rotatable bonds is 3. The summed E-state index contributed by atoms with van der Waals surface area (Å²) in [5.74, 6) is 0.827. The second kappa shape index (κ2) is 6.60. The molecule has 1 saturated heterocycles. The van der Waals surface area contributed by atoms with Crippen LogP contribution in [-0.4, -0.2) is 51.2 Å². The molecule has 128 valence electrons. The molecule has 0 amide bonds. The maximum atomic E-state index is 11.1. The topological polar surface area (TPSA) is 78.0 Å². The molecule has 25 heavy (non-hydrogen) atoms. The molecule has 1 aliphatic heterocycles. The van der Waals surface area contributed by atoms with Crippen LogP contribution in [0.1, 0.15) is 18.5 Å². The number of nitrogens with one attached hydrogen (secondary N) is 1. The van der Waals surface area contributed by atoms with Crippen molar-refractivity contribution in [3.8, 4) is 0 Å². The van der Waals surface area contributed by atoms with Crippen molar-refractivity contribution in [1.82, 2.24) is 25.1 Å². The van der Waals surface area contributed by atoms with Gasteiger partial charge in [0.1, 0.15) is 5.82 Å².